The van der Waals surface area contributed by atoms with Crippen molar-refractivity contribution in [1.82, 2.24) is 16.0 Å². The van der Waals surface area contributed by atoms with Gasteiger partial charge in [-0.25, -0.2) is 9.59 Å². The zero-order chi connectivity index (χ0) is 32.0. The summed E-state index contributed by atoms with van der Waals surface area (Å²) in [7, 11) is 0. The normalized spacial score (nSPS) is 13.5. The molecule has 0 saturated carbocycles. The number of nitrogens with two attached hydrogens (primary N) is 1. The van der Waals surface area contributed by atoms with Crippen LogP contribution in [-0.2, 0) is 43.2 Å². The van der Waals surface area contributed by atoms with Crippen LogP contribution in [0.25, 0.3) is 0 Å². The lowest BCUT2D eigenvalue weighted by Gasteiger charge is -2.23. The average molecular weight is 592 g/mol. The van der Waals surface area contributed by atoms with Crippen LogP contribution in [0.2, 0.25) is 0 Å². The molecule has 3 amide bonds. The van der Waals surface area contributed by atoms with E-state index < -0.39 is 110 Å². The number of hydrogen-bond donors (Lipinski definition) is 10. The van der Waals surface area contributed by atoms with Crippen molar-refractivity contribution in [3.05, 3.63) is 0 Å². The van der Waals surface area contributed by atoms with Gasteiger partial charge in [0.1, 0.15) is 18.1 Å². The van der Waals surface area contributed by atoms with Gasteiger partial charge in [0.05, 0.1) is 31.7 Å². The van der Waals surface area contributed by atoms with Gasteiger partial charge in [-0.2, -0.15) is 13.2 Å². The van der Waals surface area contributed by atoms with E-state index in [9.17, 15) is 51.5 Å². The first-order valence-corrected chi connectivity index (χ1v) is 10.1. The Kier molecular flexibility index (Phi) is 15.5. The van der Waals surface area contributed by atoms with Gasteiger partial charge >= 0.3 is 42.0 Å². The lowest BCUT2D eigenvalue weighted by atomic mass is 10.1. The van der Waals surface area contributed by atoms with Gasteiger partial charge < -0.3 is 52.3 Å². The van der Waals surface area contributed by atoms with E-state index in [2.05, 4.69) is 0 Å². The van der Waals surface area contributed by atoms with Gasteiger partial charge in [-0.1, -0.05) is 0 Å². The van der Waals surface area contributed by atoms with E-state index in [0.717, 1.165) is 0 Å². The number of rotatable bonds is 15. The quantitative estimate of drug-likeness (QED) is 0.0877. The van der Waals surface area contributed by atoms with Crippen LogP contribution in [-0.4, -0.2) is 115 Å². The molecule has 226 valence electrons. The number of nitrogens with one attached hydrogen (secondary N) is 3. The first-order chi connectivity index (χ1) is 18.1. The fourth-order valence-corrected chi connectivity index (χ4v) is 2.25. The molecule has 0 fully saturated rings. The summed E-state index contributed by atoms with van der Waals surface area (Å²) in [6.07, 6.45) is -9.22. The van der Waals surface area contributed by atoms with E-state index in [1.165, 1.54) is 0 Å². The van der Waals surface area contributed by atoms with E-state index in [-0.39, 0.29) is 0 Å². The molecule has 19 nitrogen and oxygen atoms in total. The minimum atomic E-state index is -5.08. The topological polar surface area (TPSA) is 337 Å². The third kappa shape index (κ3) is 16.7. The maximum Gasteiger partial charge on any atom is 0.490 e. The van der Waals surface area contributed by atoms with Crippen LogP contribution in [0.1, 0.15) is 25.7 Å². The first kappa shape index (κ1) is 37.1. The monoisotopic (exact) mass is 592 g/mol. The molecule has 0 saturated heterocycles. The van der Waals surface area contributed by atoms with Crippen LogP contribution in [0, 0.1) is 0 Å². The largest absolute Gasteiger partial charge is 0.490 e. The Morgan fingerprint density at radius 1 is 0.550 bits per heavy atom. The number of hydrogen-bond acceptors (Lipinski definition) is 10. The van der Waals surface area contributed by atoms with Crippen LogP contribution in [0.15, 0.2) is 0 Å². The third-order valence-electron chi connectivity index (χ3n) is 3.99. The van der Waals surface area contributed by atoms with Gasteiger partial charge in [0.15, 0.2) is 0 Å². The third-order valence-corrected chi connectivity index (χ3v) is 3.99. The van der Waals surface area contributed by atoms with Gasteiger partial charge in [-0.05, 0) is 0 Å². The van der Waals surface area contributed by atoms with E-state index in [1.54, 1.807) is 5.32 Å². The number of alkyl halides is 3. The van der Waals surface area contributed by atoms with Crippen molar-refractivity contribution >= 4 is 53.5 Å². The van der Waals surface area contributed by atoms with Crippen molar-refractivity contribution in [2.24, 2.45) is 5.73 Å². The van der Waals surface area contributed by atoms with Crippen molar-refractivity contribution in [2.75, 3.05) is 0 Å². The Balaban J connectivity index is 0. The molecule has 0 aliphatic carbocycles. The van der Waals surface area contributed by atoms with E-state index in [4.69, 9.17) is 41.2 Å². The molecule has 0 aliphatic rings. The molecule has 0 unspecified atom stereocenters. The van der Waals surface area contributed by atoms with Gasteiger partial charge in [0, 0.05) is 0 Å². The Labute approximate surface area is 219 Å². The maximum atomic E-state index is 12.4. The van der Waals surface area contributed by atoms with Crippen LogP contribution in [0.5, 0.6) is 0 Å². The van der Waals surface area contributed by atoms with Crippen LogP contribution < -0.4 is 21.7 Å². The molecule has 11 N–H and O–H groups in total. The molecular weight excluding hydrogens is 569 g/mol. The van der Waals surface area contributed by atoms with E-state index in [0.29, 0.717) is 0 Å². The molecule has 4 atom stereocenters. The highest BCUT2D eigenvalue weighted by Gasteiger charge is 2.38. The predicted molar refractivity (Wildman–Crippen MR) is 114 cm³/mol. The Morgan fingerprint density at radius 2 is 0.825 bits per heavy atom. The predicted octanol–water partition coefficient (Wildman–Crippen LogP) is -3.62. The maximum absolute atomic E-state index is 12.4. The van der Waals surface area contributed by atoms with Gasteiger partial charge in [-0.15, -0.1) is 0 Å². The van der Waals surface area contributed by atoms with Crippen molar-refractivity contribution in [2.45, 2.75) is 56.0 Å². The number of carbonyl (C=O) groups excluding carboxylic acids is 3. The summed E-state index contributed by atoms with van der Waals surface area (Å²) in [5.74, 6) is -14.9. The van der Waals surface area contributed by atoms with Gasteiger partial charge in [0.25, 0.3) is 0 Å². The second kappa shape index (κ2) is 16.7. The zero-order valence-corrected chi connectivity index (χ0v) is 19.7. The van der Waals surface area contributed by atoms with Crippen molar-refractivity contribution < 1.29 is 87.0 Å². The number of carboxylic acid groups (broad SMARTS) is 6. The zero-order valence-electron chi connectivity index (χ0n) is 19.7. The highest BCUT2D eigenvalue weighted by molar-refractivity contribution is 5.97. The van der Waals surface area contributed by atoms with Crippen LogP contribution in [0.4, 0.5) is 13.2 Å². The van der Waals surface area contributed by atoms with Crippen LogP contribution in [0.3, 0.4) is 0 Å². The molecule has 0 aromatic rings. The molecular formula is C18H23F3N4O15. The molecule has 0 bridgehead atoms. The molecule has 0 radical (unpaired) electrons. The molecule has 22 heteroatoms. The Hall–Kier alpha value is -5.02. The fraction of sp³-hybridized carbons (Fsp3) is 0.500. The lowest BCUT2D eigenvalue weighted by Crippen LogP contribution is -2.58. The van der Waals surface area contributed by atoms with Crippen molar-refractivity contribution in [1.29, 1.82) is 0 Å². The number of carboxylic acids is 6. The number of halogens is 3. The lowest BCUT2D eigenvalue weighted by molar-refractivity contribution is -0.192. The highest BCUT2D eigenvalue weighted by Crippen LogP contribution is 2.13. The van der Waals surface area contributed by atoms with E-state index in [1.807, 2.05) is 10.6 Å². The summed E-state index contributed by atoms with van der Waals surface area (Å²) in [5, 5.41) is 56.7. The highest BCUT2D eigenvalue weighted by atomic mass is 19.4. The second-order valence-corrected chi connectivity index (χ2v) is 7.32. The molecule has 0 spiro atoms. The summed E-state index contributed by atoms with van der Waals surface area (Å²) in [4.78, 5) is 100.0. The average Bonchev–Trinajstić information content (AvgIpc) is 2.75. The molecule has 40 heavy (non-hydrogen) atoms. The van der Waals surface area contributed by atoms with Gasteiger partial charge in [0.2, 0.25) is 17.7 Å². The summed E-state index contributed by atoms with van der Waals surface area (Å²) >= 11 is 0. The minimum absolute atomic E-state index is 0.864. The first-order valence-electron chi connectivity index (χ1n) is 10.1. The second-order valence-electron chi connectivity index (χ2n) is 7.32. The van der Waals surface area contributed by atoms with Crippen molar-refractivity contribution in [3.63, 3.8) is 0 Å². The number of amides is 3. The smallest absolute Gasteiger partial charge is 0.481 e. The summed E-state index contributed by atoms with van der Waals surface area (Å²) in [6.45, 7) is 0. The SMILES string of the molecule is N[C@@H](CC(=O)O)C(=O)N[C@@H](CC(=O)O)C(=O)N[C@@H](CC(=O)O)C(=O)N[C@@H](CC(=O)O)C(=O)O.O=C(O)C(F)(F)F. The molecule has 0 aromatic carbocycles. The molecule has 0 aromatic heterocycles. The minimum Gasteiger partial charge on any atom is -0.481 e. The number of carbonyl (C=O) groups is 9. The van der Waals surface area contributed by atoms with Crippen LogP contribution >= 0.6 is 0 Å². The summed E-state index contributed by atoms with van der Waals surface area (Å²) < 4.78 is 31.7. The standard InChI is InChI=1S/C16H22N4O13.C2HF3O2/c17-5(1-9(21)22)13(29)18-6(2-10(23)24)14(30)19-7(3-11(25)26)15(31)20-8(16(32)33)4-12(27)28;3-2(4,5)1(6)7/h5-8H,1-4,17H2,(H,18,29)(H,19,30)(H,20,31)(H,21,22)(H,23,24)(H,25,26)(H,27,28)(H,32,33);(H,6,7)/t5-,6-,7-,8-;/m0./s1. The molecule has 0 heterocycles. The van der Waals surface area contributed by atoms with E-state index >= 15 is 0 Å². The summed E-state index contributed by atoms with van der Waals surface area (Å²) in [6, 6.07) is -7.57. The van der Waals surface area contributed by atoms with Crippen molar-refractivity contribution in [3.8, 4) is 0 Å². The molecule has 0 aliphatic heterocycles. The number of aliphatic carboxylic acids is 6. The Bertz CT molecular complexity index is 1020. The summed E-state index contributed by atoms with van der Waals surface area (Å²) in [5.41, 5.74) is 5.32. The van der Waals surface area contributed by atoms with Gasteiger partial charge in [-0.3, -0.25) is 33.6 Å². The molecule has 0 rings (SSSR count). The Morgan fingerprint density at radius 3 is 1.10 bits per heavy atom. The fourth-order valence-electron chi connectivity index (χ4n) is 2.25.